The Balaban J connectivity index is 1.72. The Bertz CT molecular complexity index is 1090. The van der Waals surface area contributed by atoms with Crippen molar-refractivity contribution in [2.24, 2.45) is 0 Å². The van der Waals surface area contributed by atoms with E-state index in [2.05, 4.69) is 42.9 Å². The zero-order valence-electron chi connectivity index (χ0n) is 15.3. The molecule has 4 unspecified atom stereocenters. The van der Waals surface area contributed by atoms with Crippen molar-refractivity contribution in [3.63, 3.8) is 0 Å². The molecule has 1 fully saturated rings. The number of hydrogen-bond acceptors (Lipinski definition) is 10. The minimum atomic E-state index is -1.38. The van der Waals surface area contributed by atoms with Crippen LogP contribution in [-0.4, -0.2) is 64.7 Å². The third-order valence-electron chi connectivity index (χ3n) is 4.71. The molecule has 0 saturated carbocycles. The predicted octanol–water partition coefficient (Wildman–Crippen LogP) is 0.563. The first-order valence-corrected chi connectivity index (χ1v) is 9.96. The first kappa shape index (κ1) is 20.8. The van der Waals surface area contributed by atoms with Gasteiger partial charge in [0, 0.05) is 10.1 Å². The molecule has 0 spiro atoms. The molecule has 13 heteroatoms. The van der Waals surface area contributed by atoms with Gasteiger partial charge in [0.25, 0.3) is 0 Å². The molecule has 4 rings (SSSR count). The number of halogens is 1. The Morgan fingerprint density at radius 2 is 2.10 bits per heavy atom. The van der Waals surface area contributed by atoms with E-state index in [1.54, 1.807) is 0 Å². The summed E-state index contributed by atoms with van der Waals surface area (Å²) < 4.78 is 7.81. The van der Waals surface area contributed by atoms with Gasteiger partial charge in [-0.25, -0.2) is 4.98 Å². The molecule has 4 N–H and O–H groups in total. The number of aliphatic hydroxyl groups is 3. The first-order chi connectivity index (χ1) is 14.4. The predicted molar refractivity (Wildman–Crippen MR) is 111 cm³/mol. The molecule has 2 aromatic heterocycles. The SMILES string of the molecule is O=[N+]([O-])c1nc(NCc2cccc(I)c2)c2ncn(C3OC(CO)C(O)C3O)c2n1. The largest absolute Gasteiger partial charge is 0.473 e. The minimum Gasteiger partial charge on any atom is -0.394 e. The molecule has 3 heterocycles. The van der Waals surface area contributed by atoms with E-state index in [4.69, 9.17) is 4.74 Å². The summed E-state index contributed by atoms with van der Waals surface area (Å²) in [5, 5.41) is 44.0. The van der Waals surface area contributed by atoms with E-state index in [-0.39, 0.29) is 17.0 Å². The molecule has 1 saturated heterocycles. The minimum absolute atomic E-state index is 0.0525. The fraction of sp³-hybridized carbons (Fsp3) is 0.353. The molecule has 1 aliphatic heterocycles. The van der Waals surface area contributed by atoms with E-state index in [0.717, 1.165) is 9.13 Å². The Morgan fingerprint density at radius 1 is 1.30 bits per heavy atom. The third kappa shape index (κ3) is 3.81. The zero-order valence-corrected chi connectivity index (χ0v) is 17.4. The second kappa shape index (κ2) is 8.35. The van der Waals surface area contributed by atoms with Crippen LogP contribution in [0.25, 0.3) is 11.2 Å². The van der Waals surface area contributed by atoms with Crippen LogP contribution < -0.4 is 5.32 Å². The number of aromatic nitrogens is 4. The first-order valence-electron chi connectivity index (χ1n) is 8.88. The molecule has 0 radical (unpaired) electrons. The van der Waals surface area contributed by atoms with E-state index < -0.39 is 42.0 Å². The topological polar surface area (TPSA) is 169 Å². The van der Waals surface area contributed by atoms with Gasteiger partial charge in [-0.3, -0.25) is 4.57 Å². The number of imidazole rings is 1. The van der Waals surface area contributed by atoms with Crippen LogP contribution in [0.5, 0.6) is 0 Å². The monoisotopic (exact) mass is 528 g/mol. The molecular weight excluding hydrogens is 511 g/mol. The number of nitrogens with zero attached hydrogens (tertiary/aromatic N) is 5. The number of ether oxygens (including phenoxy) is 1. The molecule has 158 valence electrons. The highest BCUT2D eigenvalue weighted by Gasteiger charge is 2.44. The van der Waals surface area contributed by atoms with Gasteiger partial charge in [-0.2, -0.15) is 0 Å². The Labute approximate surface area is 182 Å². The maximum atomic E-state index is 11.4. The second-order valence-electron chi connectivity index (χ2n) is 6.67. The van der Waals surface area contributed by atoms with Crippen molar-refractivity contribution >= 4 is 45.5 Å². The summed E-state index contributed by atoms with van der Waals surface area (Å²) in [7, 11) is 0. The van der Waals surface area contributed by atoms with Gasteiger partial charge in [0.15, 0.2) is 11.7 Å². The maximum Gasteiger partial charge on any atom is 0.473 e. The van der Waals surface area contributed by atoms with Crippen LogP contribution in [0.2, 0.25) is 0 Å². The zero-order chi connectivity index (χ0) is 21.4. The van der Waals surface area contributed by atoms with Crippen molar-refractivity contribution < 1.29 is 25.0 Å². The van der Waals surface area contributed by atoms with Crippen molar-refractivity contribution in [1.82, 2.24) is 19.5 Å². The molecule has 3 aromatic rings. The maximum absolute atomic E-state index is 11.4. The lowest BCUT2D eigenvalue weighted by atomic mass is 10.1. The van der Waals surface area contributed by atoms with Crippen molar-refractivity contribution in [3.8, 4) is 0 Å². The van der Waals surface area contributed by atoms with E-state index in [9.17, 15) is 25.4 Å². The number of anilines is 1. The van der Waals surface area contributed by atoms with Crippen molar-refractivity contribution in [2.45, 2.75) is 31.1 Å². The van der Waals surface area contributed by atoms with Crippen LogP contribution in [0.3, 0.4) is 0 Å². The van der Waals surface area contributed by atoms with E-state index in [1.165, 1.54) is 10.9 Å². The molecule has 30 heavy (non-hydrogen) atoms. The van der Waals surface area contributed by atoms with Crippen molar-refractivity contribution in [1.29, 1.82) is 0 Å². The molecule has 1 aromatic carbocycles. The van der Waals surface area contributed by atoms with Crippen LogP contribution in [0.15, 0.2) is 30.6 Å². The van der Waals surface area contributed by atoms with Crippen molar-refractivity contribution in [3.05, 3.63) is 49.8 Å². The van der Waals surface area contributed by atoms with Crippen LogP contribution in [0, 0.1) is 13.7 Å². The van der Waals surface area contributed by atoms with E-state index >= 15 is 0 Å². The lowest BCUT2D eigenvalue weighted by Gasteiger charge is -2.15. The number of nitro groups is 1. The Hall–Kier alpha value is -2.46. The number of hydrogen-bond donors (Lipinski definition) is 4. The van der Waals surface area contributed by atoms with Gasteiger partial charge < -0.3 is 35.5 Å². The molecule has 4 atom stereocenters. The lowest BCUT2D eigenvalue weighted by molar-refractivity contribution is -0.394. The highest BCUT2D eigenvalue weighted by Crippen LogP contribution is 2.33. The third-order valence-corrected chi connectivity index (χ3v) is 5.38. The van der Waals surface area contributed by atoms with Crippen LogP contribution in [-0.2, 0) is 11.3 Å². The summed E-state index contributed by atoms with van der Waals surface area (Å²) in [4.78, 5) is 22.7. The standard InChI is InChI=1S/C17H17IN6O6/c18-9-3-1-2-8(4-9)5-19-14-11-15(22-17(21-14)24(28)29)23(7-20-11)16-13(27)12(26)10(6-25)30-16/h1-4,7,10,12-13,16,25-27H,5-6H2,(H,19,21,22). The van der Waals surface area contributed by atoms with Gasteiger partial charge >= 0.3 is 5.95 Å². The smallest absolute Gasteiger partial charge is 0.394 e. The molecule has 12 nitrogen and oxygen atoms in total. The van der Waals surface area contributed by atoms with Gasteiger partial charge in [0.05, 0.1) is 6.61 Å². The highest BCUT2D eigenvalue weighted by atomic mass is 127. The van der Waals surface area contributed by atoms with E-state index in [1.807, 2.05) is 24.3 Å². The van der Waals surface area contributed by atoms with Gasteiger partial charge in [-0.1, -0.05) is 12.1 Å². The number of benzene rings is 1. The average molecular weight is 528 g/mol. The van der Waals surface area contributed by atoms with Gasteiger partial charge in [-0.05, 0) is 55.2 Å². The van der Waals surface area contributed by atoms with Gasteiger partial charge in [0.2, 0.25) is 11.5 Å². The summed E-state index contributed by atoms with van der Waals surface area (Å²) in [5.74, 6) is -0.503. The van der Waals surface area contributed by atoms with E-state index in [0.29, 0.717) is 6.54 Å². The second-order valence-corrected chi connectivity index (χ2v) is 7.91. The number of fused-ring (bicyclic) bond motifs is 1. The molecule has 0 bridgehead atoms. The summed E-state index contributed by atoms with van der Waals surface area (Å²) in [6.45, 7) is -0.153. The normalized spacial score (nSPS) is 23.7. The fourth-order valence-corrected chi connectivity index (χ4v) is 3.85. The van der Waals surface area contributed by atoms with Gasteiger partial charge in [0.1, 0.15) is 24.6 Å². The number of rotatable bonds is 6. The van der Waals surface area contributed by atoms with Gasteiger partial charge in [-0.15, -0.1) is 0 Å². The Morgan fingerprint density at radius 3 is 2.77 bits per heavy atom. The van der Waals surface area contributed by atoms with Crippen LogP contribution in [0.4, 0.5) is 11.8 Å². The highest BCUT2D eigenvalue weighted by molar-refractivity contribution is 14.1. The lowest BCUT2D eigenvalue weighted by Crippen LogP contribution is -2.33. The molecule has 0 aliphatic carbocycles. The molecule has 0 amide bonds. The fourth-order valence-electron chi connectivity index (χ4n) is 3.24. The quantitative estimate of drug-likeness (QED) is 0.202. The molecule has 1 aliphatic rings. The van der Waals surface area contributed by atoms with Crippen LogP contribution in [0.1, 0.15) is 11.8 Å². The Kier molecular flexibility index (Phi) is 5.79. The van der Waals surface area contributed by atoms with Crippen LogP contribution >= 0.6 is 22.6 Å². The average Bonchev–Trinajstić information content (AvgIpc) is 3.27. The summed E-state index contributed by atoms with van der Waals surface area (Å²) >= 11 is 2.19. The number of nitrogens with one attached hydrogen (secondary N) is 1. The summed E-state index contributed by atoms with van der Waals surface area (Å²) in [6.07, 6.45) is -3.54. The number of aliphatic hydroxyl groups excluding tert-OH is 3. The molecular formula is C17H17IN6O6. The van der Waals surface area contributed by atoms with Crippen molar-refractivity contribution in [2.75, 3.05) is 11.9 Å². The summed E-state index contributed by atoms with van der Waals surface area (Å²) in [5.41, 5.74) is 1.24. The summed E-state index contributed by atoms with van der Waals surface area (Å²) in [6, 6.07) is 7.70.